The number of aromatic nitrogens is 3. The third-order valence-corrected chi connectivity index (χ3v) is 3.37. The SMILES string of the molecule is CC(C)c1ccc(C(=O)Nc2cnc3nc[nH]c3c2)cc1. The van der Waals surface area contributed by atoms with E-state index in [0.717, 1.165) is 5.52 Å². The first-order chi connectivity index (χ1) is 10.1. The molecular weight excluding hydrogens is 264 g/mol. The van der Waals surface area contributed by atoms with E-state index in [9.17, 15) is 4.79 Å². The minimum Gasteiger partial charge on any atom is -0.343 e. The van der Waals surface area contributed by atoms with Gasteiger partial charge in [0.2, 0.25) is 0 Å². The highest BCUT2D eigenvalue weighted by atomic mass is 16.1. The minimum atomic E-state index is -0.147. The van der Waals surface area contributed by atoms with Gasteiger partial charge in [-0.25, -0.2) is 9.97 Å². The smallest absolute Gasteiger partial charge is 0.255 e. The zero-order valence-corrected chi connectivity index (χ0v) is 11.9. The van der Waals surface area contributed by atoms with E-state index in [1.54, 1.807) is 12.5 Å². The molecule has 3 aromatic rings. The van der Waals surface area contributed by atoms with Crippen molar-refractivity contribution in [1.29, 1.82) is 0 Å². The molecule has 5 heteroatoms. The van der Waals surface area contributed by atoms with Crippen LogP contribution in [0.25, 0.3) is 11.2 Å². The molecule has 0 unspecified atom stereocenters. The van der Waals surface area contributed by atoms with Crippen molar-refractivity contribution in [2.75, 3.05) is 5.32 Å². The Balaban J connectivity index is 1.78. The van der Waals surface area contributed by atoms with Gasteiger partial charge in [-0.3, -0.25) is 4.79 Å². The molecule has 0 fully saturated rings. The summed E-state index contributed by atoms with van der Waals surface area (Å²) >= 11 is 0. The summed E-state index contributed by atoms with van der Waals surface area (Å²) in [6.45, 7) is 4.25. The molecule has 21 heavy (non-hydrogen) atoms. The average Bonchev–Trinajstić information content (AvgIpc) is 2.95. The standard InChI is InChI=1S/C16H16N4O/c1-10(2)11-3-5-12(6-4-11)16(21)20-13-7-14-15(17-8-13)19-9-18-14/h3-10H,1-2H3,(H,20,21)(H,17,18,19). The van der Waals surface area contributed by atoms with Crippen molar-refractivity contribution in [3.63, 3.8) is 0 Å². The summed E-state index contributed by atoms with van der Waals surface area (Å²) in [5, 5.41) is 2.84. The van der Waals surface area contributed by atoms with Gasteiger partial charge in [0, 0.05) is 5.56 Å². The number of anilines is 1. The molecule has 0 aliphatic heterocycles. The predicted octanol–water partition coefficient (Wildman–Crippen LogP) is 3.33. The van der Waals surface area contributed by atoms with Gasteiger partial charge in [-0.1, -0.05) is 26.0 Å². The Morgan fingerprint density at radius 3 is 2.67 bits per heavy atom. The number of pyridine rings is 1. The van der Waals surface area contributed by atoms with Crippen LogP contribution < -0.4 is 5.32 Å². The Labute approximate surface area is 122 Å². The normalized spacial score (nSPS) is 11.0. The van der Waals surface area contributed by atoms with Crippen LogP contribution in [0.2, 0.25) is 0 Å². The van der Waals surface area contributed by atoms with E-state index in [-0.39, 0.29) is 5.91 Å². The first kappa shape index (κ1) is 13.3. The van der Waals surface area contributed by atoms with Crippen molar-refractivity contribution in [2.24, 2.45) is 0 Å². The van der Waals surface area contributed by atoms with Crippen LogP contribution in [0.3, 0.4) is 0 Å². The maximum Gasteiger partial charge on any atom is 0.255 e. The van der Waals surface area contributed by atoms with Gasteiger partial charge in [-0.05, 0) is 29.7 Å². The predicted molar refractivity (Wildman–Crippen MR) is 82.4 cm³/mol. The molecule has 2 N–H and O–H groups in total. The molecule has 2 aromatic heterocycles. The number of nitrogens with zero attached hydrogens (tertiary/aromatic N) is 2. The largest absolute Gasteiger partial charge is 0.343 e. The summed E-state index contributed by atoms with van der Waals surface area (Å²) in [6.07, 6.45) is 3.18. The number of H-pyrrole nitrogens is 1. The summed E-state index contributed by atoms with van der Waals surface area (Å²) in [5.74, 6) is 0.306. The highest BCUT2D eigenvalue weighted by Gasteiger charge is 2.08. The topological polar surface area (TPSA) is 70.7 Å². The van der Waals surface area contributed by atoms with E-state index in [4.69, 9.17) is 0 Å². The first-order valence-corrected chi connectivity index (χ1v) is 6.84. The number of carbonyl (C=O) groups is 1. The number of aromatic amines is 1. The fraction of sp³-hybridized carbons (Fsp3) is 0.188. The molecule has 0 spiro atoms. The highest BCUT2D eigenvalue weighted by Crippen LogP contribution is 2.17. The summed E-state index contributed by atoms with van der Waals surface area (Å²) in [5.41, 5.74) is 3.91. The minimum absolute atomic E-state index is 0.147. The molecule has 0 saturated carbocycles. The number of benzene rings is 1. The Bertz CT molecular complexity index is 774. The van der Waals surface area contributed by atoms with Gasteiger partial charge in [0.15, 0.2) is 5.65 Å². The van der Waals surface area contributed by atoms with Gasteiger partial charge in [0.05, 0.1) is 23.7 Å². The number of imidazole rings is 1. The van der Waals surface area contributed by atoms with E-state index < -0.39 is 0 Å². The van der Waals surface area contributed by atoms with E-state index in [2.05, 4.69) is 34.1 Å². The number of carbonyl (C=O) groups excluding carboxylic acids is 1. The molecular formula is C16H16N4O. The van der Waals surface area contributed by atoms with Crippen molar-refractivity contribution >= 4 is 22.8 Å². The Morgan fingerprint density at radius 1 is 1.19 bits per heavy atom. The van der Waals surface area contributed by atoms with Crippen molar-refractivity contribution in [3.8, 4) is 0 Å². The molecule has 0 atom stereocenters. The third-order valence-electron chi connectivity index (χ3n) is 3.37. The highest BCUT2D eigenvalue weighted by molar-refractivity contribution is 6.04. The number of hydrogen-bond acceptors (Lipinski definition) is 3. The molecule has 0 saturated heterocycles. The van der Waals surface area contributed by atoms with Crippen LogP contribution in [0.5, 0.6) is 0 Å². The molecule has 1 aromatic carbocycles. The molecule has 0 aliphatic rings. The Hall–Kier alpha value is -2.69. The molecule has 106 valence electrons. The number of fused-ring (bicyclic) bond motifs is 1. The van der Waals surface area contributed by atoms with Crippen molar-refractivity contribution in [2.45, 2.75) is 19.8 Å². The lowest BCUT2D eigenvalue weighted by Gasteiger charge is -2.08. The number of nitrogens with one attached hydrogen (secondary N) is 2. The van der Waals surface area contributed by atoms with Crippen LogP contribution in [0, 0.1) is 0 Å². The van der Waals surface area contributed by atoms with Crippen LogP contribution in [-0.4, -0.2) is 20.9 Å². The lowest BCUT2D eigenvalue weighted by atomic mass is 10.0. The number of rotatable bonds is 3. The van der Waals surface area contributed by atoms with Gasteiger partial charge < -0.3 is 10.3 Å². The van der Waals surface area contributed by atoms with E-state index in [0.29, 0.717) is 22.8 Å². The van der Waals surface area contributed by atoms with Gasteiger partial charge in [0.25, 0.3) is 5.91 Å². The van der Waals surface area contributed by atoms with Crippen LogP contribution in [0.4, 0.5) is 5.69 Å². The zero-order chi connectivity index (χ0) is 14.8. The first-order valence-electron chi connectivity index (χ1n) is 6.84. The molecule has 5 nitrogen and oxygen atoms in total. The maximum atomic E-state index is 12.2. The van der Waals surface area contributed by atoms with E-state index >= 15 is 0 Å². The lowest BCUT2D eigenvalue weighted by Crippen LogP contribution is -2.12. The van der Waals surface area contributed by atoms with E-state index in [1.165, 1.54) is 5.56 Å². The maximum absolute atomic E-state index is 12.2. The van der Waals surface area contributed by atoms with Crippen LogP contribution in [0.1, 0.15) is 35.7 Å². The van der Waals surface area contributed by atoms with Gasteiger partial charge in [0.1, 0.15) is 0 Å². The number of hydrogen-bond donors (Lipinski definition) is 2. The zero-order valence-electron chi connectivity index (χ0n) is 11.9. The van der Waals surface area contributed by atoms with Gasteiger partial charge in [-0.2, -0.15) is 0 Å². The fourth-order valence-corrected chi connectivity index (χ4v) is 2.12. The summed E-state index contributed by atoms with van der Waals surface area (Å²) < 4.78 is 0. The van der Waals surface area contributed by atoms with Crippen LogP contribution >= 0.6 is 0 Å². The van der Waals surface area contributed by atoms with Crippen LogP contribution in [0.15, 0.2) is 42.9 Å². The number of amides is 1. The summed E-state index contributed by atoms with van der Waals surface area (Å²) in [4.78, 5) is 23.4. The van der Waals surface area contributed by atoms with Gasteiger partial charge >= 0.3 is 0 Å². The molecule has 0 bridgehead atoms. The van der Waals surface area contributed by atoms with E-state index in [1.807, 2.05) is 30.3 Å². The molecule has 0 aliphatic carbocycles. The van der Waals surface area contributed by atoms with Crippen molar-refractivity contribution in [3.05, 3.63) is 54.0 Å². The summed E-state index contributed by atoms with van der Waals surface area (Å²) in [6, 6.07) is 9.46. The second kappa shape index (κ2) is 5.36. The Kier molecular flexibility index (Phi) is 3.39. The Morgan fingerprint density at radius 2 is 1.95 bits per heavy atom. The van der Waals surface area contributed by atoms with Gasteiger partial charge in [-0.15, -0.1) is 0 Å². The quantitative estimate of drug-likeness (QED) is 0.773. The third kappa shape index (κ3) is 2.76. The average molecular weight is 280 g/mol. The molecule has 2 heterocycles. The second-order valence-electron chi connectivity index (χ2n) is 5.23. The fourth-order valence-electron chi connectivity index (χ4n) is 2.12. The second-order valence-corrected chi connectivity index (χ2v) is 5.23. The molecule has 0 radical (unpaired) electrons. The lowest BCUT2D eigenvalue weighted by molar-refractivity contribution is 0.102. The monoisotopic (exact) mass is 280 g/mol. The van der Waals surface area contributed by atoms with Crippen LogP contribution in [-0.2, 0) is 0 Å². The summed E-state index contributed by atoms with van der Waals surface area (Å²) in [7, 11) is 0. The van der Waals surface area contributed by atoms with Crippen molar-refractivity contribution < 1.29 is 4.79 Å². The van der Waals surface area contributed by atoms with Crippen molar-refractivity contribution in [1.82, 2.24) is 15.0 Å². The molecule has 1 amide bonds. The molecule has 3 rings (SSSR count).